The molecule has 2 aromatic carbocycles. The number of ether oxygens (including phenoxy) is 1. The molecule has 0 aromatic heterocycles. The Hall–Kier alpha value is -2.40. The van der Waals surface area contributed by atoms with Gasteiger partial charge in [-0.05, 0) is 29.7 Å². The summed E-state index contributed by atoms with van der Waals surface area (Å²) < 4.78 is 6.20. The number of aldehydes is 1. The summed E-state index contributed by atoms with van der Waals surface area (Å²) in [5.41, 5.74) is 2.21. The number of halogens is 1. The van der Waals surface area contributed by atoms with Gasteiger partial charge in [0.25, 0.3) is 0 Å². The molecule has 1 atom stereocenters. The van der Waals surface area contributed by atoms with Crippen LogP contribution in [0.2, 0.25) is 0 Å². The van der Waals surface area contributed by atoms with Crippen molar-refractivity contribution in [1.29, 1.82) is 0 Å². The van der Waals surface area contributed by atoms with E-state index in [4.69, 9.17) is 4.74 Å². The second kappa shape index (κ2) is 9.79. The van der Waals surface area contributed by atoms with Crippen LogP contribution in [0.4, 0.5) is 4.79 Å². The number of rotatable bonds is 7. The summed E-state index contributed by atoms with van der Waals surface area (Å²) in [5, 5.41) is 2.78. The SMILES string of the molecule is CC/C=C(/C=O)[C@H](NC(=O)OCc1ccccc1)c1ccc(Br)cc1. The fourth-order valence-corrected chi connectivity index (χ4v) is 2.63. The summed E-state index contributed by atoms with van der Waals surface area (Å²) in [7, 11) is 0. The van der Waals surface area contributed by atoms with Crippen molar-refractivity contribution in [3.63, 3.8) is 0 Å². The van der Waals surface area contributed by atoms with Gasteiger partial charge in [0.15, 0.2) is 0 Å². The topological polar surface area (TPSA) is 55.4 Å². The van der Waals surface area contributed by atoms with Crippen molar-refractivity contribution in [2.75, 3.05) is 0 Å². The highest BCUT2D eigenvalue weighted by Crippen LogP contribution is 2.23. The van der Waals surface area contributed by atoms with Crippen LogP contribution in [0.3, 0.4) is 0 Å². The molecule has 0 aliphatic rings. The van der Waals surface area contributed by atoms with E-state index in [1.54, 1.807) is 6.08 Å². The van der Waals surface area contributed by atoms with Crippen molar-refractivity contribution in [3.8, 4) is 0 Å². The standard InChI is InChI=1S/C20H20BrNO3/c1-2-6-17(13-23)19(16-9-11-18(21)12-10-16)22-20(24)25-14-15-7-4-3-5-8-15/h3-13,19H,2,14H2,1H3,(H,22,24)/b17-6-/t19-/m1/s1. The normalized spacial score (nSPS) is 12.3. The van der Waals surface area contributed by atoms with E-state index < -0.39 is 12.1 Å². The van der Waals surface area contributed by atoms with Gasteiger partial charge in [-0.3, -0.25) is 4.79 Å². The van der Waals surface area contributed by atoms with Crippen LogP contribution in [0.5, 0.6) is 0 Å². The number of allylic oxidation sites excluding steroid dienone is 1. The molecule has 2 rings (SSSR count). The van der Waals surface area contributed by atoms with Crippen LogP contribution in [-0.2, 0) is 16.1 Å². The lowest BCUT2D eigenvalue weighted by Crippen LogP contribution is -2.30. The molecule has 0 saturated heterocycles. The van der Waals surface area contributed by atoms with Gasteiger partial charge in [-0.25, -0.2) is 4.79 Å². The van der Waals surface area contributed by atoms with Crippen molar-refractivity contribution < 1.29 is 14.3 Å². The van der Waals surface area contributed by atoms with Gasteiger partial charge in [0.1, 0.15) is 12.9 Å². The highest BCUT2D eigenvalue weighted by Gasteiger charge is 2.19. The average Bonchev–Trinajstić information content (AvgIpc) is 2.64. The van der Waals surface area contributed by atoms with Gasteiger partial charge in [0, 0.05) is 10.0 Å². The number of hydrogen-bond acceptors (Lipinski definition) is 3. The summed E-state index contributed by atoms with van der Waals surface area (Å²) in [6.07, 6.45) is 2.70. The molecule has 0 fully saturated rings. The lowest BCUT2D eigenvalue weighted by Gasteiger charge is -2.19. The Kier molecular flexibility index (Phi) is 7.41. The maximum atomic E-state index is 12.2. The highest BCUT2D eigenvalue weighted by molar-refractivity contribution is 9.10. The summed E-state index contributed by atoms with van der Waals surface area (Å²) in [6.45, 7) is 2.11. The van der Waals surface area contributed by atoms with E-state index in [0.717, 1.165) is 21.9 Å². The molecule has 25 heavy (non-hydrogen) atoms. The fraction of sp³-hybridized carbons (Fsp3) is 0.200. The monoisotopic (exact) mass is 401 g/mol. The number of carbonyl (C=O) groups is 2. The highest BCUT2D eigenvalue weighted by atomic mass is 79.9. The number of alkyl carbamates (subject to hydrolysis) is 1. The number of benzene rings is 2. The van der Waals surface area contributed by atoms with Crippen molar-refractivity contribution in [2.45, 2.75) is 26.0 Å². The molecule has 1 N–H and O–H groups in total. The third-order valence-electron chi connectivity index (χ3n) is 3.59. The van der Waals surface area contributed by atoms with E-state index in [2.05, 4.69) is 21.2 Å². The molecule has 0 spiro atoms. The number of carbonyl (C=O) groups excluding carboxylic acids is 2. The predicted molar refractivity (Wildman–Crippen MR) is 101 cm³/mol. The number of amides is 1. The minimum Gasteiger partial charge on any atom is -0.445 e. The van der Waals surface area contributed by atoms with Crippen molar-refractivity contribution in [2.24, 2.45) is 0 Å². The van der Waals surface area contributed by atoms with Crippen molar-refractivity contribution in [3.05, 3.63) is 81.8 Å². The van der Waals surface area contributed by atoms with Crippen molar-refractivity contribution in [1.82, 2.24) is 5.32 Å². The van der Waals surface area contributed by atoms with E-state index >= 15 is 0 Å². The Morgan fingerprint density at radius 2 is 1.84 bits per heavy atom. The Morgan fingerprint density at radius 3 is 2.44 bits per heavy atom. The van der Waals surface area contributed by atoms with Crippen molar-refractivity contribution >= 4 is 28.3 Å². The van der Waals surface area contributed by atoms with Crippen LogP contribution in [-0.4, -0.2) is 12.4 Å². The average molecular weight is 402 g/mol. The molecule has 5 heteroatoms. The van der Waals surface area contributed by atoms with Gasteiger partial charge in [0.2, 0.25) is 0 Å². The lowest BCUT2D eigenvalue weighted by atomic mass is 9.99. The van der Waals surface area contributed by atoms with Crippen LogP contribution in [0.15, 0.2) is 70.7 Å². The molecular formula is C20H20BrNO3. The quantitative estimate of drug-likeness (QED) is 0.527. The summed E-state index contributed by atoms with van der Waals surface area (Å²) in [4.78, 5) is 23.7. The van der Waals surface area contributed by atoms with Crippen LogP contribution in [0, 0.1) is 0 Å². The van der Waals surface area contributed by atoms with Crippen LogP contribution in [0.25, 0.3) is 0 Å². The molecule has 4 nitrogen and oxygen atoms in total. The third-order valence-corrected chi connectivity index (χ3v) is 4.12. The van der Waals surface area contributed by atoms with E-state index in [0.29, 0.717) is 12.0 Å². The third kappa shape index (κ3) is 5.87. The molecule has 130 valence electrons. The summed E-state index contributed by atoms with van der Waals surface area (Å²) in [5.74, 6) is 0. The molecule has 0 saturated carbocycles. The predicted octanol–water partition coefficient (Wildman–Crippen LogP) is 4.95. The molecule has 1 amide bonds. The number of hydrogen-bond donors (Lipinski definition) is 1. The fourth-order valence-electron chi connectivity index (χ4n) is 2.37. The lowest BCUT2D eigenvalue weighted by molar-refractivity contribution is -0.105. The maximum Gasteiger partial charge on any atom is 0.408 e. The molecule has 0 aliphatic heterocycles. The van der Waals surface area contributed by atoms with Gasteiger partial charge in [-0.1, -0.05) is 71.4 Å². The molecule has 0 unspecified atom stereocenters. The first-order chi connectivity index (χ1) is 12.1. The molecule has 0 bridgehead atoms. The molecular weight excluding hydrogens is 382 g/mol. The van der Waals surface area contributed by atoms with Crippen LogP contribution < -0.4 is 5.32 Å². The Balaban J connectivity index is 2.12. The molecule has 0 aliphatic carbocycles. The second-order valence-corrected chi connectivity index (χ2v) is 6.34. The maximum absolute atomic E-state index is 12.2. The molecule has 0 heterocycles. The van der Waals surface area contributed by atoms with Gasteiger partial charge in [0.05, 0.1) is 6.04 Å². The van der Waals surface area contributed by atoms with Gasteiger partial charge in [-0.2, -0.15) is 0 Å². The Morgan fingerprint density at radius 1 is 1.16 bits per heavy atom. The summed E-state index contributed by atoms with van der Waals surface area (Å²) >= 11 is 3.38. The minimum atomic E-state index is -0.569. The van der Waals surface area contributed by atoms with Crippen LogP contribution in [0.1, 0.15) is 30.5 Å². The first-order valence-electron chi connectivity index (χ1n) is 8.02. The van der Waals surface area contributed by atoms with E-state index in [9.17, 15) is 9.59 Å². The molecule has 0 radical (unpaired) electrons. The van der Waals surface area contributed by atoms with Gasteiger partial charge >= 0.3 is 6.09 Å². The zero-order chi connectivity index (χ0) is 18.1. The Labute approximate surface area is 156 Å². The van der Waals surface area contributed by atoms with E-state index in [1.807, 2.05) is 61.5 Å². The largest absolute Gasteiger partial charge is 0.445 e. The zero-order valence-electron chi connectivity index (χ0n) is 13.9. The van der Waals surface area contributed by atoms with E-state index in [-0.39, 0.29) is 6.61 Å². The minimum absolute atomic E-state index is 0.174. The first-order valence-corrected chi connectivity index (χ1v) is 8.81. The first kappa shape index (κ1) is 18.9. The number of nitrogens with one attached hydrogen (secondary N) is 1. The van der Waals surface area contributed by atoms with Gasteiger partial charge in [-0.15, -0.1) is 0 Å². The smallest absolute Gasteiger partial charge is 0.408 e. The zero-order valence-corrected chi connectivity index (χ0v) is 15.5. The summed E-state index contributed by atoms with van der Waals surface area (Å²) in [6, 6.07) is 16.3. The van der Waals surface area contributed by atoms with E-state index in [1.165, 1.54) is 0 Å². The van der Waals surface area contributed by atoms with Gasteiger partial charge < -0.3 is 10.1 Å². The van der Waals surface area contributed by atoms with Crippen LogP contribution >= 0.6 is 15.9 Å². The Bertz CT molecular complexity index is 726. The second-order valence-electron chi connectivity index (χ2n) is 5.42. The molecule has 2 aromatic rings.